The van der Waals surface area contributed by atoms with Crippen molar-refractivity contribution in [1.29, 1.82) is 0 Å². The zero-order valence-electron chi connectivity index (χ0n) is 11.6. The van der Waals surface area contributed by atoms with Crippen molar-refractivity contribution in [2.45, 2.75) is 6.54 Å². The molecule has 0 unspecified atom stereocenters. The van der Waals surface area contributed by atoms with Gasteiger partial charge in [-0.15, -0.1) is 0 Å². The molecule has 2 heterocycles. The number of nitrogens with zero attached hydrogens (tertiary/aromatic N) is 3. The molecule has 0 bridgehead atoms. The van der Waals surface area contributed by atoms with Crippen LogP contribution in [0.3, 0.4) is 0 Å². The van der Waals surface area contributed by atoms with E-state index < -0.39 is 9.84 Å². The van der Waals surface area contributed by atoms with Gasteiger partial charge in [-0.2, -0.15) is 0 Å². The lowest BCUT2D eigenvalue weighted by atomic mass is 10.1. The van der Waals surface area contributed by atoms with Gasteiger partial charge in [0.05, 0.1) is 11.5 Å². The van der Waals surface area contributed by atoms with Crippen molar-refractivity contribution in [1.82, 2.24) is 14.9 Å². The van der Waals surface area contributed by atoms with E-state index in [2.05, 4.69) is 39.1 Å². The molecule has 0 aliphatic carbocycles. The Labute approximate surface area is 124 Å². The maximum atomic E-state index is 11.4. The van der Waals surface area contributed by atoms with Crippen molar-refractivity contribution in [3.63, 3.8) is 0 Å². The van der Waals surface area contributed by atoms with Crippen LogP contribution >= 0.6 is 0 Å². The monoisotopic (exact) mass is 303 g/mol. The van der Waals surface area contributed by atoms with Crippen LogP contribution < -0.4 is 0 Å². The maximum absolute atomic E-state index is 11.4. The molecule has 0 atom stereocenters. The van der Waals surface area contributed by atoms with Crippen LogP contribution in [0.15, 0.2) is 43.0 Å². The predicted molar refractivity (Wildman–Crippen MR) is 81.4 cm³/mol. The van der Waals surface area contributed by atoms with Gasteiger partial charge in [0.15, 0.2) is 9.84 Å². The number of rotatable bonds is 3. The zero-order chi connectivity index (χ0) is 14.7. The normalized spacial score (nSPS) is 18.5. The number of aromatic nitrogens is 2. The fourth-order valence-corrected chi connectivity index (χ4v) is 3.69. The molecule has 0 saturated carbocycles. The molecule has 0 radical (unpaired) electrons. The molecule has 0 amide bonds. The predicted octanol–water partition coefficient (Wildman–Crippen LogP) is 1.37. The Morgan fingerprint density at radius 1 is 0.952 bits per heavy atom. The summed E-state index contributed by atoms with van der Waals surface area (Å²) in [6, 6.07) is 8.25. The standard InChI is InChI=1S/C15H17N3O2S/c19-21(20)7-5-18(6-8-21)11-13-1-3-14(4-2-13)15-9-16-12-17-10-15/h1-4,9-10,12H,5-8,11H2. The minimum Gasteiger partial charge on any atom is -0.297 e. The summed E-state index contributed by atoms with van der Waals surface area (Å²) in [6.07, 6.45) is 5.09. The number of hydrogen-bond donors (Lipinski definition) is 0. The third-order valence-corrected chi connectivity index (χ3v) is 5.30. The Hall–Kier alpha value is -1.79. The van der Waals surface area contributed by atoms with Gasteiger partial charge in [0.1, 0.15) is 6.33 Å². The van der Waals surface area contributed by atoms with Crippen molar-refractivity contribution in [3.8, 4) is 11.1 Å². The van der Waals surface area contributed by atoms with E-state index in [0.717, 1.165) is 17.7 Å². The molecule has 110 valence electrons. The Morgan fingerprint density at radius 3 is 2.19 bits per heavy atom. The van der Waals surface area contributed by atoms with Crippen molar-refractivity contribution >= 4 is 9.84 Å². The van der Waals surface area contributed by atoms with Crippen LogP contribution in [0.25, 0.3) is 11.1 Å². The molecule has 6 heteroatoms. The van der Waals surface area contributed by atoms with Crippen LogP contribution in [0.4, 0.5) is 0 Å². The summed E-state index contributed by atoms with van der Waals surface area (Å²) in [6.45, 7) is 2.04. The smallest absolute Gasteiger partial charge is 0.152 e. The first-order valence-corrected chi connectivity index (χ1v) is 8.72. The molecule has 0 N–H and O–H groups in total. The molecule has 1 aliphatic rings. The third kappa shape index (κ3) is 3.65. The second kappa shape index (κ2) is 5.91. The van der Waals surface area contributed by atoms with Gasteiger partial charge in [-0.05, 0) is 11.1 Å². The summed E-state index contributed by atoms with van der Waals surface area (Å²) in [5, 5.41) is 0. The molecule has 3 rings (SSSR count). The minimum atomic E-state index is -2.81. The number of sulfone groups is 1. The second-order valence-corrected chi connectivity index (χ2v) is 7.56. The first-order chi connectivity index (χ1) is 10.1. The van der Waals surface area contributed by atoms with Crippen LogP contribution in [0.2, 0.25) is 0 Å². The average Bonchev–Trinajstić information content (AvgIpc) is 2.51. The van der Waals surface area contributed by atoms with E-state index in [-0.39, 0.29) is 11.5 Å². The van der Waals surface area contributed by atoms with Gasteiger partial charge in [0.2, 0.25) is 0 Å². The molecule has 1 aliphatic heterocycles. The highest BCUT2D eigenvalue weighted by Gasteiger charge is 2.21. The summed E-state index contributed by atoms with van der Waals surface area (Å²) < 4.78 is 22.8. The summed E-state index contributed by atoms with van der Waals surface area (Å²) in [5.74, 6) is 0.541. The highest BCUT2D eigenvalue weighted by atomic mass is 32.2. The fourth-order valence-electron chi connectivity index (χ4n) is 2.42. The molecule has 21 heavy (non-hydrogen) atoms. The van der Waals surface area contributed by atoms with Crippen LogP contribution in [0.5, 0.6) is 0 Å². The van der Waals surface area contributed by atoms with Gasteiger partial charge in [0.25, 0.3) is 0 Å². The Morgan fingerprint density at radius 2 is 1.57 bits per heavy atom. The molecule has 1 saturated heterocycles. The van der Waals surface area contributed by atoms with E-state index in [4.69, 9.17) is 0 Å². The van der Waals surface area contributed by atoms with E-state index in [1.54, 1.807) is 12.4 Å². The van der Waals surface area contributed by atoms with Crippen molar-refractivity contribution in [3.05, 3.63) is 48.5 Å². The van der Waals surface area contributed by atoms with Gasteiger partial charge in [-0.25, -0.2) is 18.4 Å². The first kappa shape index (κ1) is 14.2. The second-order valence-electron chi connectivity index (χ2n) is 5.25. The van der Waals surface area contributed by atoms with E-state index in [0.29, 0.717) is 13.1 Å². The van der Waals surface area contributed by atoms with Crippen molar-refractivity contribution in [2.24, 2.45) is 0 Å². The summed E-state index contributed by atoms with van der Waals surface area (Å²) in [4.78, 5) is 10.2. The Balaban J connectivity index is 1.65. The summed E-state index contributed by atoms with van der Waals surface area (Å²) >= 11 is 0. The van der Waals surface area contributed by atoms with Gasteiger partial charge in [-0.1, -0.05) is 24.3 Å². The molecular weight excluding hydrogens is 286 g/mol. The number of hydrogen-bond acceptors (Lipinski definition) is 5. The molecular formula is C15H17N3O2S. The Kier molecular flexibility index (Phi) is 3.98. The van der Waals surface area contributed by atoms with Crippen LogP contribution in [-0.2, 0) is 16.4 Å². The fraction of sp³-hybridized carbons (Fsp3) is 0.333. The molecule has 0 spiro atoms. The first-order valence-electron chi connectivity index (χ1n) is 6.89. The lowest BCUT2D eigenvalue weighted by molar-refractivity contribution is 0.287. The van der Waals surface area contributed by atoms with E-state index in [1.165, 1.54) is 11.9 Å². The summed E-state index contributed by atoms with van der Waals surface area (Å²) in [5.41, 5.74) is 3.27. The largest absolute Gasteiger partial charge is 0.297 e. The summed E-state index contributed by atoms with van der Waals surface area (Å²) in [7, 11) is -2.81. The van der Waals surface area contributed by atoms with E-state index >= 15 is 0 Å². The van der Waals surface area contributed by atoms with E-state index in [9.17, 15) is 8.42 Å². The lowest BCUT2D eigenvalue weighted by Gasteiger charge is -2.26. The van der Waals surface area contributed by atoms with Crippen LogP contribution in [0.1, 0.15) is 5.56 Å². The topological polar surface area (TPSA) is 63.2 Å². The van der Waals surface area contributed by atoms with Crippen LogP contribution in [0, 0.1) is 0 Å². The molecule has 1 fully saturated rings. The quantitative estimate of drug-likeness (QED) is 0.857. The minimum absolute atomic E-state index is 0.270. The van der Waals surface area contributed by atoms with Gasteiger partial charge in [0, 0.05) is 37.6 Å². The van der Waals surface area contributed by atoms with Gasteiger partial charge in [-0.3, -0.25) is 4.90 Å². The van der Waals surface area contributed by atoms with Gasteiger partial charge < -0.3 is 0 Å². The van der Waals surface area contributed by atoms with Crippen LogP contribution in [-0.4, -0.2) is 47.9 Å². The highest BCUT2D eigenvalue weighted by Crippen LogP contribution is 2.18. The zero-order valence-corrected chi connectivity index (χ0v) is 12.5. The maximum Gasteiger partial charge on any atom is 0.152 e. The Bertz CT molecular complexity index is 685. The molecule has 2 aromatic rings. The van der Waals surface area contributed by atoms with Gasteiger partial charge >= 0.3 is 0 Å². The molecule has 1 aromatic heterocycles. The average molecular weight is 303 g/mol. The van der Waals surface area contributed by atoms with E-state index in [1.807, 2.05) is 0 Å². The molecule has 1 aromatic carbocycles. The van der Waals surface area contributed by atoms with Crippen molar-refractivity contribution < 1.29 is 8.42 Å². The van der Waals surface area contributed by atoms with Crippen molar-refractivity contribution in [2.75, 3.05) is 24.6 Å². The third-order valence-electron chi connectivity index (χ3n) is 3.69. The SMILES string of the molecule is O=S1(=O)CCN(Cc2ccc(-c3cncnc3)cc2)CC1. The molecule has 5 nitrogen and oxygen atoms in total. The lowest BCUT2D eigenvalue weighted by Crippen LogP contribution is -2.39. The highest BCUT2D eigenvalue weighted by molar-refractivity contribution is 7.91. The number of benzene rings is 1.